The lowest BCUT2D eigenvalue weighted by molar-refractivity contribution is 0.538. The molecule has 0 aliphatic carbocycles. The average Bonchev–Trinajstić information content (AvgIpc) is 3.35. The van der Waals surface area contributed by atoms with Gasteiger partial charge in [-0.15, -0.1) is 15.8 Å². The molecule has 0 rings (SSSR count). The van der Waals surface area contributed by atoms with Gasteiger partial charge in [0, 0.05) is 0 Å². The summed E-state index contributed by atoms with van der Waals surface area (Å²) in [5.74, 6) is 0. The Morgan fingerprint density at radius 2 is 0.221 bits per heavy atom. The molecule has 0 aromatic carbocycles. The lowest BCUT2D eigenvalue weighted by Crippen LogP contribution is -2.04. The quantitative estimate of drug-likeness (QED) is 0.0421. The van der Waals surface area contributed by atoms with Crippen LogP contribution < -0.4 is 0 Å². The van der Waals surface area contributed by atoms with Gasteiger partial charge in [0.05, 0.1) is 0 Å². The molecule has 0 aliphatic rings. The number of hydrogen-bond acceptors (Lipinski definition) is 0. The van der Waals surface area contributed by atoms with Gasteiger partial charge in [-0.1, -0.05) is 362 Å². The second-order valence-corrected chi connectivity index (χ2v) is 28.4. The van der Waals surface area contributed by atoms with E-state index in [0.29, 0.717) is 0 Å². The van der Waals surface area contributed by atoms with E-state index in [2.05, 4.69) is 27.7 Å². The molecule has 0 radical (unpaired) electrons. The molecule has 0 unspecified atom stereocenters. The molecular formula is C66H136P2. The summed E-state index contributed by atoms with van der Waals surface area (Å²) in [4.78, 5) is 0. The maximum Gasteiger partial charge on any atom is -0.0286 e. The Hall–Kier alpha value is 0.860. The molecule has 0 bridgehead atoms. The lowest BCUT2D eigenvalue weighted by Gasteiger charge is -2.23. The van der Waals surface area contributed by atoms with E-state index in [1.807, 2.05) is 0 Å². The third-order valence-corrected chi connectivity index (χ3v) is 21.9. The summed E-state index contributed by atoms with van der Waals surface area (Å²) < 4.78 is 0. The van der Waals surface area contributed by atoms with Crippen molar-refractivity contribution < 1.29 is 0 Å². The van der Waals surface area contributed by atoms with Crippen molar-refractivity contribution in [3.63, 3.8) is 0 Å². The van der Waals surface area contributed by atoms with Crippen molar-refractivity contribution in [1.29, 1.82) is 0 Å². The van der Waals surface area contributed by atoms with Gasteiger partial charge in [0.25, 0.3) is 0 Å². The highest BCUT2D eigenvalue weighted by molar-refractivity contribution is 7.61. The highest BCUT2D eigenvalue weighted by Gasteiger charge is 2.14. The molecule has 2 heteroatoms. The fraction of sp³-hybridized carbons (Fsp3) is 1.00. The third kappa shape index (κ3) is 59.4. The first-order valence-electron chi connectivity index (χ1n) is 33.2. The fourth-order valence-electron chi connectivity index (χ4n) is 11.1. The molecule has 0 aromatic rings. The molecule has 0 amide bonds. The molecule has 410 valence electrons. The van der Waals surface area contributed by atoms with Gasteiger partial charge in [-0.05, 0) is 62.7 Å². The summed E-state index contributed by atoms with van der Waals surface area (Å²) in [6.07, 6.45) is 93.3. The smallest absolute Gasteiger partial charge is 0.0286 e. The fourth-order valence-corrected chi connectivity index (χ4v) is 17.4. The SMILES string of the molecule is CCCCCCCCCCCCCCCCP(CCCCCCCCCCCCCCCC)CCP(CCCCCCCCCCCCCCCC)CCCCCCCCCCCCCCCC. The van der Waals surface area contributed by atoms with Gasteiger partial charge in [-0.25, -0.2) is 0 Å². The third-order valence-electron chi connectivity index (χ3n) is 16.0. The molecule has 0 atom stereocenters. The van der Waals surface area contributed by atoms with Crippen LogP contribution in [-0.4, -0.2) is 37.0 Å². The van der Waals surface area contributed by atoms with Gasteiger partial charge in [0.15, 0.2) is 0 Å². The lowest BCUT2D eigenvalue weighted by atomic mass is 10.0. The van der Waals surface area contributed by atoms with E-state index in [4.69, 9.17) is 0 Å². The van der Waals surface area contributed by atoms with Crippen molar-refractivity contribution in [2.24, 2.45) is 0 Å². The van der Waals surface area contributed by atoms with Crippen LogP contribution in [0.3, 0.4) is 0 Å². The molecule has 0 saturated carbocycles. The van der Waals surface area contributed by atoms with Crippen LogP contribution in [0.1, 0.15) is 387 Å². The zero-order valence-corrected chi connectivity index (χ0v) is 50.5. The van der Waals surface area contributed by atoms with Crippen molar-refractivity contribution in [2.45, 2.75) is 387 Å². The van der Waals surface area contributed by atoms with Gasteiger partial charge >= 0.3 is 0 Å². The van der Waals surface area contributed by atoms with Crippen molar-refractivity contribution in [1.82, 2.24) is 0 Å². The molecule has 0 aromatic heterocycles. The normalized spacial score (nSPS) is 11.9. The summed E-state index contributed by atoms with van der Waals surface area (Å²) in [5, 5.41) is 0. The van der Waals surface area contributed by atoms with Crippen LogP contribution in [0.4, 0.5) is 0 Å². The van der Waals surface area contributed by atoms with Crippen molar-refractivity contribution in [2.75, 3.05) is 37.0 Å². The van der Waals surface area contributed by atoms with E-state index in [1.165, 1.54) is 334 Å². The van der Waals surface area contributed by atoms with Gasteiger partial charge in [0.1, 0.15) is 0 Å². The summed E-state index contributed by atoms with van der Waals surface area (Å²) in [6, 6.07) is 0. The van der Waals surface area contributed by atoms with Gasteiger partial charge in [0.2, 0.25) is 0 Å². The molecule has 0 spiro atoms. The second-order valence-electron chi connectivity index (χ2n) is 23.1. The summed E-state index contributed by atoms with van der Waals surface area (Å²) in [5.41, 5.74) is 0. The van der Waals surface area contributed by atoms with Crippen molar-refractivity contribution in [3.8, 4) is 0 Å². The Morgan fingerprint density at radius 3 is 0.338 bits per heavy atom. The molecular weight excluding hydrogens is 855 g/mol. The minimum absolute atomic E-state index is 0.267. The molecule has 0 heterocycles. The summed E-state index contributed by atoms with van der Waals surface area (Å²) >= 11 is 0. The number of rotatable bonds is 63. The van der Waals surface area contributed by atoms with Gasteiger partial charge in [-0.2, -0.15) is 0 Å². The van der Waals surface area contributed by atoms with E-state index in [-0.39, 0.29) is 15.8 Å². The first kappa shape index (κ1) is 68.9. The Bertz CT molecular complexity index is 709. The van der Waals surface area contributed by atoms with Crippen LogP contribution in [0.15, 0.2) is 0 Å². The Kier molecular flexibility index (Phi) is 64.8. The van der Waals surface area contributed by atoms with Crippen LogP contribution in [0.2, 0.25) is 0 Å². The van der Waals surface area contributed by atoms with Gasteiger partial charge in [-0.3, -0.25) is 0 Å². The largest absolute Gasteiger partial charge is 0.106 e. The summed E-state index contributed by atoms with van der Waals surface area (Å²) in [7, 11) is 0.533. The zero-order chi connectivity index (χ0) is 49.0. The Balaban J connectivity index is 4.79. The van der Waals surface area contributed by atoms with Crippen LogP contribution in [0.5, 0.6) is 0 Å². The van der Waals surface area contributed by atoms with Gasteiger partial charge < -0.3 is 0 Å². The maximum atomic E-state index is 2.33. The minimum Gasteiger partial charge on any atom is -0.106 e. The second kappa shape index (κ2) is 64.0. The first-order chi connectivity index (χ1) is 33.8. The molecule has 0 nitrogen and oxygen atoms in total. The maximum absolute atomic E-state index is 2.33. The molecule has 0 fully saturated rings. The average molecular weight is 992 g/mol. The van der Waals surface area contributed by atoms with Crippen LogP contribution >= 0.6 is 15.8 Å². The van der Waals surface area contributed by atoms with E-state index >= 15 is 0 Å². The van der Waals surface area contributed by atoms with Crippen molar-refractivity contribution in [3.05, 3.63) is 0 Å². The Labute approximate surface area is 437 Å². The zero-order valence-electron chi connectivity index (χ0n) is 48.7. The minimum atomic E-state index is 0.267. The molecule has 68 heavy (non-hydrogen) atoms. The highest BCUT2D eigenvalue weighted by atomic mass is 31.1. The molecule has 0 saturated heterocycles. The predicted octanol–water partition coefficient (Wildman–Crippen LogP) is 25.9. The predicted molar refractivity (Wildman–Crippen MR) is 324 cm³/mol. The summed E-state index contributed by atoms with van der Waals surface area (Å²) in [6.45, 7) is 9.34. The molecule has 0 N–H and O–H groups in total. The number of hydrogen-bond donors (Lipinski definition) is 0. The van der Waals surface area contributed by atoms with E-state index in [1.54, 1.807) is 62.7 Å². The number of unbranched alkanes of at least 4 members (excludes halogenated alkanes) is 52. The van der Waals surface area contributed by atoms with Crippen LogP contribution in [-0.2, 0) is 0 Å². The molecule has 0 aliphatic heterocycles. The van der Waals surface area contributed by atoms with Crippen LogP contribution in [0.25, 0.3) is 0 Å². The highest BCUT2D eigenvalue weighted by Crippen LogP contribution is 2.45. The van der Waals surface area contributed by atoms with Crippen molar-refractivity contribution >= 4 is 15.8 Å². The van der Waals surface area contributed by atoms with E-state index in [9.17, 15) is 0 Å². The Morgan fingerprint density at radius 1 is 0.118 bits per heavy atom. The standard InChI is InChI=1S/C66H136P2/c1-5-9-13-17-21-25-29-33-37-41-45-49-53-57-61-67(62-58-54-50-46-42-38-34-30-26-22-18-14-10-6-2)65-66-68(63-59-55-51-47-43-39-35-31-27-23-19-15-11-7-3)64-60-56-52-48-44-40-36-32-28-24-20-16-12-8-4/h5-66H2,1-4H3. The van der Waals surface area contributed by atoms with Crippen LogP contribution in [0, 0.1) is 0 Å². The van der Waals surface area contributed by atoms with E-state index < -0.39 is 0 Å². The first-order valence-corrected chi connectivity index (χ1v) is 37.0. The van der Waals surface area contributed by atoms with E-state index in [0.717, 1.165) is 0 Å². The monoisotopic (exact) mass is 991 g/mol. The topological polar surface area (TPSA) is 0 Å².